The molecule has 2 rings (SSSR count). The highest BCUT2D eigenvalue weighted by Crippen LogP contribution is 2.34. The Morgan fingerprint density at radius 3 is 1.56 bits per heavy atom. The lowest BCUT2D eigenvalue weighted by molar-refractivity contribution is 0.0304. The Hall–Kier alpha value is -0.520. The molecule has 102 valence electrons. The first-order valence-electron chi connectivity index (χ1n) is 7.40. The zero-order chi connectivity index (χ0) is 13.2. The first-order valence-corrected chi connectivity index (χ1v) is 7.40. The monoisotopic (exact) mass is 250 g/mol. The SMILES string of the molecule is CC1CCCC(O)(C#CC2(O)CCCC(C)C2)C1. The molecule has 0 heterocycles. The molecule has 0 spiro atoms. The van der Waals surface area contributed by atoms with Gasteiger partial charge in [-0.2, -0.15) is 0 Å². The summed E-state index contributed by atoms with van der Waals surface area (Å²) in [5.74, 6) is 7.11. The second-order valence-electron chi connectivity index (χ2n) is 6.72. The van der Waals surface area contributed by atoms with E-state index in [-0.39, 0.29) is 0 Å². The maximum absolute atomic E-state index is 10.5. The molecule has 0 aromatic carbocycles. The second-order valence-corrected chi connectivity index (χ2v) is 6.72. The number of rotatable bonds is 0. The third kappa shape index (κ3) is 3.49. The molecule has 2 saturated carbocycles. The normalized spacial score (nSPS) is 45.1. The molecule has 2 fully saturated rings. The molecule has 0 amide bonds. The lowest BCUT2D eigenvalue weighted by Crippen LogP contribution is -2.36. The van der Waals surface area contributed by atoms with Crippen LogP contribution in [0.1, 0.15) is 65.2 Å². The Bertz CT molecular complexity index is 322. The maximum atomic E-state index is 10.5. The van der Waals surface area contributed by atoms with Crippen molar-refractivity contribution in [2.24, 2.45) is 11.8 Å². The van der Waals surface area contributed by atoms with Gasteiger partial charge in [0.25, 0.3) is 0 Å². The van der Waals surface area contributed by atoms with Crippen LogP contribution in [0.2, 0.25) is 0 Å². The summed E-state index contributed by atoms with van der Waals surface area (Å²) in [5, 5.41) is 20.9. The largest absolute Gasteiger partial charge is 0.378 e. The summed E-state index contributed by atoms with van der Waals surface area (Å²) >= 11 is 0. The quantitative estimate of drug-likeness (QED) is 0.649. The number of hydrogen-bond acceptors (Lipinski definition) is 2. The molecular formula is C16H26O2. The van der Waals surface area contributed by atoms with Crippen molar-refractivity contribution >= 4 is 0 Å². The number of aliphatic hydroxyl groups is 2. The van der Waals surface area contributed by atoms with E-state index in [2.05, 4.69) is 25.7 Å². The molecule has 4 unspecified atom stereocenters. The summed E-state index contributed by atoms with van der Waals surface area (Å²) < 4.78 is 0. The van der Waals surface area contributed by atoms with Crippen LogP contribution in [0.3, 0.4) is 0 Å². The van der Waals surface area contributed by atoms with E-state index >= 15 is 0 Å². The Kier molecular flexibility index (Phi) is 4.04. The fourth-order valence-corrected chi connectivity index (χ4v) is 3.51. The molecule has 2 aliphatic carbocycles. The molecule has 2 N–H and O–H groups in total. The van der Waals surface area contributed by atoms with Gasteiger partial charge in [0.15, 0.2) is 0 Å². The molecule has 0 bridgehead atoms. The smallest absolute Gasteiger partial charge is 0.125 e. The third-order valence-corrected chi connectivity index (χ3v) is 4.47. The van der Waals surface area contributed by atoms with E-state index in [4.69, 9.17) is 0 Å². The summed E-state index contributed by atoms with van der Waals surface area (Å²) in [5.41, 5.74) is -1.71. The van der Waals surface area contributed by atoms with E-state index < -0.39 is 11.2 Å². The molecule has 0 radical (unpaired) electrons. The van der Waals surface area contributed by atoms with Crippen LogP contribution < -0.4 is 0 Å². The Balaban J connectivity index is 2.05. The predicted molar refractivity (Wildman–Crippen MR) is 72.9 cm³/mol. The third-order valence-electron chi connectivity index (χ3n) is 4.47. The van der Waals surface area contributed by atoms with E-state index in [1.54, 1.807) is 0 Å². The summed E-state index contributed by atoms with van der Waals surface area (Å²) in [7, 11) is 0. The average molecular weight is 250 g/mol. The van der Waals surface area contributed by atoms with Gasteiger partial charge in [-0.25, -0.2) is 0 Å². The van der Waals surface area contributed by atoms with E-state index in [0.717, 1.165) is 38.5 Å². The van der Waals surface area contributed by atoms with Gasteiger partial charge in [0, 0.05) is 0 Å². The fourth-order valence-electron chi connectivity index (χ4n) is 3.51. The van der Waals surface area contributed by atoms with Crippen LogP contribution >= 0.6 is 0 Å². The first kappa shape index (κ1) is 13.9. The minimum atomic E-state index is -0.853. The standard InChI is InChI=1S/C16H26O2/c1-13-5-3-7-15(17,11-13)9-10-16(18)8-4-6-14(2)12-16/h13-14,17-18H,3-8,11-12H2,1-2H3. The lowest BCUT2D eigenvalue weighted by atomic mass is 9.76. The van der Waals surface area contributed by atoms with Crippen molar-refractivity contribution in [1.29, 1.82) is 0 Å². The van der Waals surface area contributed by atoms with E-state index in [1.807, 2.05) is 0 Å². The summed E-state index contributed by atoms with van der Waals surface area (Å²) in [6.07, 6.45) is 7.49. The topological polar surface area (TPSA) is 40.5 Å². The van der Waals surface area contributed by atoms with Crippen molar-refractivity contribution in [2.45, 2.75) is 76.4 Å². The van der Waals surface area contributed by atoms with Gasteiger partial charge in [-0.15, -0.1) is 0 Å². The second kappa shape index (κ2) is 5.23. The average Bonchev–Trinajstić information content (AvgIpc) is 2.26. The van der Waals surface area contributed by atoms with Crippen LogP contribution in [0.25, 0.3) is 0 Å². The molecular weight excluding hydrogens is 224 g/mol. The van der Waals surface area contributed by atoms with Gasteiger partial charge < -0.3 is 10.2 Å². The zero-order valence-electron chi connectivity index (χ0n) is 11.7. The van der Waals surface area contributed by atoms with Crippen molar-refractivity contribution in [3.8, 4) is 11.8 Å². The van der Waals surface area contributed by atoms with Crippen molar-refractivity contribution in [3.63, 3.8) is 0 Å². The van der Waals surface area contributed by atoms with E-state index in [9.17, 15) is 10.2 Å². The fraction of sp³-hybridized carbons (Fsp3) is 0.875. The first-order chi connectivity index (χ1) is 8.41. The predicted octanol–water partition coefficient (Wildman–Crippen LogP) is 2.87. The van der Waals surface area contributed by atoms with Crippen LogP contribution in [0.15, 0.2) is 0 Å². The molecule has 0 aromatic rings. The lowest BCUT2D eigenvalue weighted by Gasteiger charge is -2.34. The Labute approximate surface area is 111 Å². The number of hydrogen-bond donors (Lipinski definition) is 2. The molecule has 18 heavy (non-hydrogen) atoms. The Morgan fingerprint density at radius 1 is 0.833 bits per heavy atom. The van der Waals surface area contributed by atoms with Crippen molar-refractivity contribution in [1.82, 2.24) is 0 Å². The molecule has 2 nitrogen and oxygen atoms in total. The molecule has 0 saturated heterocycles. The zero-order valence-corrected chi connectivity index (χ0v) is 11.7. The molecule has 4 atom stereocenters. The van der Waals surface area contributed by atoms with Crippen LogP contribution in [-0.4, -0.2) is 21.4 Å². The van der Waals surface area contributed by atoms with Gasteiger partial charge in [-0.1, -0.05) is 38.5 Å². The van der Waals surface area contributed by atoms with Crippen molar-refractivity contribution in [3.05, 3.63) is 0 Å². The summed E-state index contributed by atoms with van der Waals surface area (Å²) in [6, 6.07) is 0. The van der Waals surface area contributed by atoms with Crippen molar-refractivity contribution < 1.29 is 10.2 Å². The van der Waals surface area contributed by atoms with Gasteiger partial charge >= 0.3 is 0 Å². The van der Waals surface area contributed by atoms with Gasteiger partial charge in [-0.05, 0) is 50.4 Å². The summed E-state index contributed by atoms with van der Waals surface area (Å²) in [6.45, 7) is 4.34. The molecule has 0 aromatic heterocycles. The van der Waals surface area contributed by atoms with E-state index in [0.29, 0.717) is 11.8 Å². The van der Waals surface area contributed by atoms with Crippen LogP contribution in [0, 0.1) is 23.7 Å². The van der Waals surface area contributed by atoms with Crippen molar-refractivity contribution in [2.75, 3.05) is 0 Å². The molecule has 0 aliphatic heterocycles. The molecule has 2 heteroatoms. The summed E-state index contributed by atoms with van der Waals surface area (Å²) in [4.78, 5) is 0. The van der Waals surface area contributed by atoms with Crippen LogP contribution in [0.5, 0.6) is 0 Å². The minimum absolute atomic E-state index is 0.540. The van der Waals surface area contributed by atoms with Gasteiger partial charge in [0.1, 0.15) is 11.2 Å². The van der Waals surface area contributed by atoms with Gasteiger partial charge in [0.05, 0.1) is 0 Å². The highest BCUT2D eigenvalue weighted by Gasteiger charge is 2.34. The highest BCUT2D eigenvalue weighted by molar-refractivity contribution is 5.22. The van der Waals surface area contributed by atoms with E-state index in [1.165, 1.54) is 12.8 Å². The van der Waals surface area contributed by atoms with Crippen LogP contribution in [-0.2, 0) is 0 Å². The van der Waals surface area contributed by atoms with Gasteiger partial charge in [-0.3, -0.25) is 0 Å². The molecule has 2 aliphatic rings. The highest BCUT2D eigenvalue weighted by atomic mass is 16.3. The van der Waals surface area contributed by atoms with Gasteiger partial charge in [0.2, 0.25) is 0 Å². The minimum Gasteiger partial charge on any atom is -0.378 e. The van der Waals surface area contributed by atoms with Crippen LogP contribution in [0.4, 0.5) is 0 Å². The maximum Gasteiger partial charge on any atom is 0.125 e. The Morgan fingerprint density at radius 2 is 1.22 bits per heavy atom.